The molecule has 164 valence electrons. The number of nitro groups is 1. The van der Waals surface area contributed by atoms with Crippen molar-refractivity contribution in [3.8, 4) is 0 Å². The van der Waals surface area contributed by atoms with Gasteiger partial charge in [-0.1, -0.05) is 12.1 Å². The van der Waals surface area contributed by atoms with Crippen LogP contribution in [0.3, 0.4) is 0 Å². The minimum absolute atomic E-state index is 0.0457. The van der Waals surface area contributed by atoms with Crippen molar-refractivity contribution in [2.75, 3.05) is 36.5 Å². The van der Waals surface area contributed by atoms with Crippen LogP contribution >= 0.6 is 0 Å². The summed E-state index contributed by atoms with van der Waals surface area (Å²) in [6.45, 7) is 2.62. The Kier molecular flexibility index (Phi) is 6.31. The third kappa shape index (κ3) is 4.61. The fraction of sp³-hybridized carbons (Fsp3) is 0.455. The summed E-state index contributed by atoms with van der Waals surface area (Å²) in [5, 5.41) is 24.2. The second kappa shape index (κ2) is 9.30. The van der Waals surface area contributed by atoms with Crippen LogP contribution in [0.5, 0.6) is 0 Å². The molecule has 1 amide bonds. The molecule has 0 spiro atoms. The number of aliphatic hydroxyl groups excluding tert-OH is 1. The molecule has 0 radical (unpaired) electrons. The zero-order valence-electron chi connectivity index (χ0n) is 17.4. The molecule has 2 aliphatic rings. The Morgan fingerprint density at radius 1 is 1.19 bits per heavy atom. The second-order valence-corrected chi connectivity index (χ2v) is 8.01. The number of carbonyl (C=O) groups excluding carboxylic acids is 1. The van der Waals surface area contributed by atoms with E-state index in [1.54, 1.807) is 29.2 Å². The summed E-state index contributed by atoms with van der Waals surface area (Å²) in [7, 11) is 0. The molecule has 0 bridgehead atoms. The molecule has 2 N–H and O–H groups in total. The van der Waals surface area contributed by atoms with Crippen LogP contribution in [0.4, 0.5) is 17.2 Å². The van der Waals surface area contributed by atoms with Gasteiger partial charge in [-0.05, 0) is 49.4 Å². The summed E-state index contributed by atoms with van der Waals surface area (Å²) in [6.07, 6.45) is 3.78. The lowest BCUT2D eigenvalue weighted by Gasteiger charge is -2.22. The van der Waals surface area contributed by atoms with Crippen molar-refractivity contribution >= 4 is 23.1 Å². The SMILES string of the molecule is O=C(c1cccc(NCc2ccc(N3CCCC3)c([N+](=O)[O-])c2)n1)N1CCC[C@@H]1CO. The standard InChI is InChI=1S/C22H27N5O4/c28-15-17-5-4-12-26(17)22(29)18-6-3-7-21(24-18)23-14-16-8-9-19(20(13-16)27(30)31)25-10-1-2-11-25/h3,6-9,13,17,28H,1-2,4-5,10-12,14-15H2,(H,23,24)/t17-/m1/s1. The molecule has 2 fully saturated rings. The number of nitrogens with zero attached hydrogens (tertiary/aromatic N) is 4. The Balaban J connectivity index is 1.46. The number of pyridine rings is 1. The van der Waals surface area contributed by atoms with E-state index in [-0.39, 0.29) is 29.2 Å². The smallest absolute Gasteiger partial charge is 0.292 e. The summed E-state index contributed by atoms with van der Waals surface area (Å²) < 4.78 is 0. The zero-order chi connectivity index (χ0) is 21.8. The number of rotatable bonds is 7. The molecular formula is C22H27N5O4. The quantitative estimate of drug-likeness (QED) is 0.518. The molecule has 4 rings (SSSR count). The number of hydrogen-bond donors (Lipinski definition) is 2. The molecule has 0 aliphatic carbocycles. The number of benzene rings is 1. The molecule has 2 saturated heterocycles. The molecule has 1 aromatic heterocycles. The highest BCUT2D eigenvalue weighted by molar-refractivity contribution is 5.93. The van der Waals surface area contributed by atoms with E-state index >= 15 is 0 Å². The molecular weight excluding hydrogens is 398 g/mol. The molecule has 31 heavy (non-hydrogen) atoms. The van der Waals surface area contributed by atoms with E-state index < -0.39 is 0 Å². The van der Waals surface area contributed by atoms with Gasteiger partial charge in [-0.3, -0.25) is 14.9 Å². The average Bonchev–Trinajstić information content (AvgIpc) is 3.49. The van der Waals surface area contributed by atoms with Gasteiger partial charge in [-0.25, -0.2) is 4.98 Å². The normalized spacial score (nSPS) is 18.4. The van der Waals surface area contributed by atoms with Gasteiger partial charge in [0.2, 0.25) is 0 Å². The van der Waals surface area contributed by atoms with Crippen LogP contribution in [0.2, 0.25) is 0 Å². The molecule has 2 aliphatic heterocycles. The number of likely N-dealkylation sites (tertiary alicyclic amines) is 1. The predicted octanol–water partition coefficient (Wildman–Crippen LogP) is 2.80. The molecule has 3 heterocycles. The van der Waals surface area contributed by atoms with Gasteiger partial charge in [0.1, 0.15) is 17.2 Å². The minimum Gasteiger partial charge on any atom is -0.394 e. The second-order valence-electron chi connectivity index (χ2n) is 8.01. The third-order valence-electron chi connectivity index (χ3n) is 5.97. The fourth-order valence-electron chi connectivity index (χ4n) is 4.34. The number of nitro benzene ring substituents is 1. The molecule has 9 nitrogen and oxygen atoms in total. The van der Waals surface area contributed by atoms with Gasteiger partial charge in [0.25, 0.3) is 11.6 Å². The number of aliphatic hydroxyl groups is 1. The van der Waals surface area contributed by atoms with E-state index in [9.17, 15) is 20.0 Å². The Morgan fingerprint density at radius 2 is 2.00 bits per heavy atom. The lowest BCUT2D eigenvalue weighted by atomic mass is 10.1. The first-order valence-corrected chi connectivity index (χ1v) is 10.7. The van der Waals surface area contributed by atoms with Gasteiger partial charge in [0, 0.05) is 32.2 Å². The number of hydrogen-bond acceptors (Lipinski definition) is 7. The van der Waals surface area contributed by atoms with E-state index in [0.29, 0.717) is 30.3 Å². The molecule has 9 heteroatoms. The lowest BCUT2D eigenvalue weighted by Crippen LogP contribution is -2.38. The number of nitrogens with one attached hydrogen (secondary N) is 1. The lowest BCUT2D eigenvalue weighted by molar-refractivity contribution is -0.384. The van der Waals surface area contributed by atoms with Crippen molar-refractivity contribution in [3.05, 3.63) is 57.8 Å². The van der Waals surface area contributed by atoms with Crippen LogP contribution in [0.15, 0.2) is 36.4 Å². The van der Waals surface area contributed by atoms with Crippen molar-refractivity contribution in [2.45, 2.75) is 38.3 Å². The summed E-state index contributed by atoms with van der Waals surface area (Å²) in [4.78, 5) is 32.2. The topological polar surface area (TPSA) is 112 Å². The maximum absolute atomic E-state index is 12.8. The van der Waals surface area contributed by atoms with Crippen molar-refractivity contribution in [3.63, 3.8) is 0 Å². The number of amides is 1. The molecule has 1 atom stereocenters. The zero-order valence-corrected chi connectivity index (χ0v) is 17.4. The maximum Gasteiger partial charge on any atom is 0.292 e. The van der Waals surface area contributed by atoms with Crippen LogP contribution in [0.25, 0.3) is 0 Å². The molecule has 2 aromatic rings. The maximum atomic E-state index is 12.8. The van der Waals surface area contributed by atoms with Gasteiger partial charge in [-0.2, -0.15) is 0 Å². The number of carbonyl (C=O) groups is 1. The summed E-state index contributed by atoms with van der Waals surface area (Å²) in [6, 6.07) is 10.3. The predicted molar refractivity (Wildman–Crippen MR) is 117 cm³/mol. The molecule has 1 aromatic carbocycles. The van der Waals surface area contributed by atoms with E-state index in [1.807, 2.05) is 12.1 Å². The van der Waals surface area contributed by atoms with Crippen molar-refractivity contribution in [1.29, 1.82) is 0 Å². The Hall–Kier alpha value is -3.20. The van der Waals surface area contributed by atoms with E-state index in [2.05, 4.69) is 15.2 Å². The van der Waals surface area contributed by atoms with Crippen LogP contribution < -0.4 is 10.2 Å². The highest BCUT2D eigenvalue weighted by Crippen LogP contribution is 2.31. The molecule has 0 unspecified atom stereocenters. The highest BCUT2D eigenvalue weighted by Gasteiger charge is 2.29. The first kappa shape index (κ1) is 21.0. The van der Waals surface area contributed by atoms with E-state index in [4.69, 9.17) is 0 Å². The Labute approximate surface area is 180 Å². The van der Waals surface area contributed by atoms with Gasteiger partial charge in [-0.15, -0.1) is 0 Å². The molecule has 0 saturated carbocycles. The first-order valence-electron chi connectivity index (χ1n) is 10.7. The first-order chi connectivity index (χ1) is 15.1. The Bertz CT molecular complexity index is 961. The van der Waals surface area contributed by atoms with Crippen LogP contribution in [0.1, 0.15) is 41.7 Å². The van der Waals surface area contributed by atoms with E-state index in [1.165, 1.54) is 0 Å². The van der Waals surface area contributed by atoms with Crippen molar-refractivity contribution < 1.29 is 14.8 Å². The van der Waals surface area contributed by atoms with E-state index in [0.717, 1.165) is 44.3 Å². The summed E-state index contributed by atoms with van der Waals surface area (Å²) >= 11 is 0. The number of aromatic nitrogens is 1. The summed E-state index contributed by atoms with van der Waals surface area (Å²) in [5.41, 5.74) is 1.87. The summed E-state index contributed by atoms with van der Waals surface area (Å²) in [5.74, 6) is 0.336. The average molecular weight is 425 g/mol. The van der Waals surface area contributed by atoms with Crippen LogP contribution in [0, 0.1) is 10.1 Å². The third-order valence-corrected chi connectivity index (χ3v) is 5.97. The van der Waals surface area contributed by atoms with Crippen molar-refractivity contribution in [1.82, 2.24) is 9.88 Å². The highest BCUT2D eigenvalue weighted by atomic mass is 16.6. The van der Waals surface area contributed by atoms with Crippen LogP contribution in [-0.2, 0) is 6.54 Å². The van der Waals surface area contributed by atoms with Gasteiger partial charge in [0.15, 0.2) is 0 Å². The minimum atomic E-state index is -0.331. The fourth-order valence-corrected chi connectivity index (χ4v) is 4.34. The number of anilines is 2. The van der Waals surface area contributed by atoms with Gasteiger partial charge < -0.3 is 20.2 Å². The monoisotopic (exact) mass is 425 g/mol. The van der Waals surface area contributed by atoms with Crippen LogP contribution in [-0.4, -0.2) is 58.1 Å². The largest absolute Gasteiger partial charge is 0.394 e. The Morgan fingerprint density at radius 3 is 2.74 bits per heavy atom. The van der Waals surface area contributed by atoms with Gasteiger partial charge >= 0.3 is 0 Å². The van der Waals surface area contributed by atoms with Crippen molar-refractivity contribution in [2.24, 2.45) is 0 Å². The van der Waals surface area contributed by atoms with Gasteiger partial charge in [0.05, 0.1) is 17.6 Å².